The third-order valence-corrected chi connectivity index (χ3v) is 5.16. The Morgan fingerprint density at radius 2 is 1.85 bits per heavy atom. The lowest BCUT2D eigenvalue weighted by Gasteiger charge is -2.40. The van der Waals surface area contributed by atoms with Crippen molar-refractivity contribution in [3.8, 4) is 0 Å². The Morgan fingerprint density at radius 3 is 2.50 bits per heavy atom. The molecular weight excluding hydrogens is 244 g/mol. The Morgan fingerprint density at radius 1 is 1.15 bits per heavy atom. The topological polar surface area (TPSA) is 15.3 Å². The molecule has 0 aromatic heterocycles. The van der Waals surface area contributed by atoms with E-state index in [9.17, 15) is 0 Å². The van der Waals surface area contributed by atoms with E-state index < -0.39 is 0 Å². The molecule has 0 aromatic carbocycles. The maximum atomic E-state index is 3.87. The molecule has 1 aliphatic heterocycles. The van der Waals surface area contributed by atoms with Crippen molar-refractivity contribution >= 4 is 0 Å². The zero-order chi connectivity index (χ0) is 14.6. The molecule has 2 fully saturated rings. The van der Waals surface area contributed by atoms with Crippen LogP contribution < -0.4 is 5.32 Å². The van der Waals surface area contributed by atoms with Gasteiger partial charge < -0.3 is 10.2 Å². The van der Waals surface area contributed by atoms with Crippen LogP contribution in [0.25, 0.3) is 0 Å². The first-order chi connectivity index (χ1) is 9.44. The number of hydrogen-bond donors (Lipinski definition) is 1. The lowest BCUT2D eigenvalue weighted by Crippen LogP contribution is -2.43. The van der Waals surface area contributed by atoms with Crippen LogP contribution in [0.5, 0.6) is 0 Å². The number of rotatable bonds is 5. The van der Waals surface area contributed by atoms with Crippen LogP contribution in [0.1, 0.15) is 66.2 Å². The van der Waals surface area contributed by atoms with E-state index in [-0.39, 0.29) is 0 Å². The van der Waals surface area contributed by atoms with Crippen LogP contribution in [-0.4, -0.2) is 37.1 Å². The van der Waals surface area contributed by atoms with Gasteiger partial charge in [-0.3, -0.25) is 0 Å². The highest BCUT2D eigenvalue weighted by atomic mass is 15.1. The van der Waals surface area contributed by atoms with Crippen molar-refractivity contribution in [1.29, 1.82) is 0 Å². The van der Waals surface area contributed by atoms with Crippen LogP contribution in [0.15, 0.2) is 0 Å². The predicted molar refractivity (Wildman–Crippen MR) is 88.0 cm³/mol. The Bertz CT molecular complexity index is 281. The number of likely N-dealkylation sites (tertiary alicyclic amines) is 1. The minimum absolute atomic E-state index is 0.533. The van der Waals surface area contributed by atoms with Crippen molar-refractivity contribution < 1.29 is 0 Å². The molecule has 3 atom stereocenters. The summed E-state index contributed by atoms with van der Waals surface area (Å²) in [4.78, 5) is 2.67. The molecule has 1 heterocycles. The molecule has 0 aromatic rings. The summed E-state index contributed by atoms with van der Waals surface area (Å²) < 4.78 is 0. The molecule has 1 N–H and O–H groups in total. The van der Waals surface area contributed by atoms with E-state index in [2.05, 4.69) is 37.9 Å². The Labute approximate surface area is 126 Å². The quantitative estimate of drug-likeness (QED) is 0.821. The van der Waals surface area contributed by atoms with E-state index in [1.165, 1.54) is 64.7 Å². The Hall–Kier alpha value is -0.0800. The molecular formula is C18H36N2. The highest BCUT2D eigenvalue weighted by molar-refractivity contribution is 4.86. The van der Waals surface area contributed by atoms with Gasteiger partial charge in [-0.25, -0.2) is 0 Å². The molecule has 118 valence electrons. The largest absolute Gasteiger partial charge is 0.314 e. The van der Waals surface area contributed by atoms with Crippen molar-refractivity contribution in [2.24, 2.45) is 17.3 Å². The maximum Gasteiger partial charge on any atom is 0.00748 e. The first kappa shape index (κ1) is 16.3. The fraction of sp³-hybridized carbons (Fsp3) is 1.00. The van der Waals surface area contributed by atoms with Crippen LogP contribution in [0.2, 0.25) is 0 Å². The van der Waals surface area contributed by atoms with E-state index >= 15 is 0 Å². The van der Waals surface area contributed by atoms with Crippen molar-refractivity contribution in [3.63, 3.8) is 0 Å². The van der Waals surface area contributed by atoms with Crippen molar-refractivity contribution in [2.75, 3.05) is 26.2 Å². The standard InChI is InChI=1S/C18H36N2/c1-15-10-17(12-18(3,4)11-15)19-13-16(2)14-20-8-6-5-7-9-20/h15-17,19H,5-14H2,1-4H3. The van der Waals surface area contributed by atoms with E-state index in [0.717, 1.165) is 17.9 Å². The molecule has 2 rings (SSSR count). The zero-order valence-corrected chi connectivity index (χ0v) is 14.3. The fourth-order valence-corrected chi connectivity index (χ4v) is 4.52. The minimum Gasteiger partial charge on any atom is -0.314 e. The predicted octanol–water partition coefficient (Wildman–Crippen LogP) is 3.91. The van der Waals surface area contributed by atoms with Gasteiger partial charge in [0.05, 0.1) is 0 Å². The van der Waals surface area contributed by atoms with E-state index in [1.54, 1.807) is 0 Å². The summed E-state index contributed by atoms with van der Waals surface area (Å²) in [6, 6.07) is 0.748. The Kier molecular flexibility index (Phi) is 5.92. The molecule has 0 radical (unpaired) electrons. The third-order valence-electron chi connectivity index (χ3n) is 5.16. The van der Waals surface area contributed by atoms with Gasteiger partial charge in [0.25, 0.3) is 0 Å². The highest BCUT2D eigenvalue weighted by Gasteiger charge is 2.31. The average Bonchev–Trinajstić information content (AvgIpc) is 2.35. The fourth-order valence-electron chi connectivity index (χ4n) is 4.52. The molecule has 3 unspecified atom stereocenters. The van der Waals surface area contributed by atoms with Gasteiger partial charge in [-0.2, -0.15) is 0 Å². The molecule has 0 amide bonds. The summed E-state index contributed by atoms with van der Waals surface area (Å²) in [5.74, 6) is 1.67. The van der Waals surface area contributed by atoms with Crippen LogP contribution in [0, 0.1) is 17.3 Å². The minimum atomic E-state index is 0.533. The molecule has 2 aliphatic rings. The number of nitrogens with zero attached hydrogens (tertiary/aromatic N) is 1. The van der Waals surface area contributed by atoms with Gasteiger partial charge in [-0.05, 0) is 69.0 Å². The van der Waals surface area contributed by atoms with Gasteiger partial charge in [0.2, 0.25) is 0 Å². The molecule has 1 saturated carbocycles. The number of nitrogens with one attached hydrogen (secondary N) is 1. The highest BCUT2D eigenvalue weighted by Crippen LogP contribution is 2.38. The lowest BCUT2D eigenvalue weighted by molar-refractivity contribution is 0.143. The summed E-state index contributed by atoms with van der Waals surface area (Å²) >= 11 is 0. The van der Waals surface area contributed by atoms with Crippen LogP contribution in [-0.2, 0) is 0 Å². The van der Waals surface area contributed by atoms with Crippen molar-refractivity contribution in [2.45, 2.75) is 72.3 Å². The second kappa shape index (κ2) is 7.26. The molecule has 0 bridgehead atoms. The van der Waals surface area contributed by atoms with E-state index in [0.29, 0.717) is 5.41 Å². The summed E-state index contributed by atoms with van der Waals surface area (Å²) in [5, 5.41) is 3.87. The summed E-state index contributed by atoms with van der Waals surface area (Å²) in [5.41, 5.74) is 0.533. The second-order valence-electron chi connectivity index (χ2n) is 8.48. The molecule has 1 saturated heterocycles. The van der Waals surface area contributed by atoms with Gasteiger partial charge in [0.15, 0.2) is 0 Å². The van der Waals surface area contributed by atoms with Gasteiger partial charge in [0.1, 0.15) is 0 Å². The smallest absolute Gasteiger partial charge is 0.00748 e. The molecule has 2 nitrogen and oxygen atoms in total. The van der Waals surface area contributed by atoms with Gasteiger partial charge >= 0.3 is 0 Å². The van der Waals surface area contributed by atoms with Crippen LogP contribution >= 0.6 is 0 Å². The van der Waals surface area contributed by atoms with E-state index in [4.69, 9.17) is 0 Å². The second-order valence-corrected chi connectivity index (χ2v) is 8.48. The molecule has 0 spiro atoms. The number of piperidine rings is 1. The van der Waals surface area contributed by atoms with Crippen LogP contribution in [0.3, 0.4) is 0 Å². The van der Waals surface area contributed by atoms with Gasteiger partial charge in [0, 0.05) is 12.6 Å². The monoisotopic (exact) mass is 280 g/mol. The normalized spacial score (nSPS) is 33.0. The maximum absolute atomic E-state index is 3.87. The van der Waals surface area contributed by atoms with Gasteiger partial charge in [-0.15, -0.1) is 0 Å². The van der Waals surface area contributed by atoms with Crippen LogP contribution in [0.4, 0.5) is 0 Å². The third kappa shape index (κ3) is 5.37. The summed E-state index contributed by atoms with van der Waals surface area (Å²) in [7, 11) is 0. The Balaban J connectivity index is 1.68. The van der Waals surface area contributed by atoms with Crippen molar-refractivity contribution in [1.82, 2.24) is 10.2 Å². The number of hydrogen-bond acceptors (Lipinski definition) is 2. The average molecular weight is 280 g/mol. The van der Waals surface area contributed by atoms with Gasteiger partial charge in [-0.1, -0.05) is 34.1 Å². The first-order valence-electron chi connectivity index (χ1n) is 8.90. The molecule has 20 heavy (non-hydrogen) atoms. The first-order valence-corrected chi connectivity index (χ1v) is 8.90. The van der Waals surface area contributed by atoms with Crippen molar-refractivity contribution in [3.05, 3.63) is 0 Å². The van der Waals surface area contributed by atoms with E-state index in [1.807, 2.05) is 0 Å². The summed E-state index contributed by atoms with van der Waals surface area (Å²) in [6.07, 6.45) is 8.39. The molecule has 2 heteroatoms. The summed E-state index contributed by atoms with van der Waals surface area (Å²) in [6.45, 7) is 14.9. The molecule has 1 aliphatic carbocycles. The lowest BCUT2D eigenvalue weighted by atomic mass is 9.70. The zero-order valence-electron chi connectivity index (χ0n) is 14.3. The SMILES string of the molecule is CC(CNC1CC(C)CC(C)(C)C1)CN1CCCCC1.